The normalized spacial score (nSPS) is 11.1. The van der Waals surface area contributed by atoms with Gasteiger partial charge in [0.1, 0.15) is 0 Å². The highest BCUT2D eigenvalue weighted by Gasteiger charge is 2.01. The first kappa shape index (κ1) is 33.2. The van der Waals surface area contributed by atoms with Gasteiger partial charge >= 0.3 is 5.97 Å². The zero-order valence-electron chi connectivity index (χ0n) is 23.6. The lowest BCUT2D eigenvalue weighted by atomic mass is 10.0. The Morgan fingerprint density at radius 3 is 0.941 bits per heavy atom. The lowest BCUT2D eigenvalue weighted by Gasteiger charge is -2.05. The van der Waals surface area contributed by atoms with E-state index in [1.807, 2.05) is 0 Å². The molecule has 0 unspecified atom stereocenters. The van der Waals surface area contributed by atoms with Crippen LogP contribution in [-0.4, -0.2) is 12.6 Å². The maximum Gasteiger partial charge on any atom is 0.333 e. The summed E-state index contributed by atoms with van der Waals surface area (Å²) in [6, 6.07) is 0. The Bertz CT molecular complexity index is 429. The van der Waals surface area contributed by atoms with Crippen LogP contribution in [0.25, 0.3) is 0 Å². The molecule has 0 fully saturated rings. The van der Waals surface area contributed by atoms with Crippen molar-refractivity contribution in [2.24, 2.45) is 0 Å². The van der Waals surface area contributed by atoms with Crippen LogP contribution < -0.4 is 0 Å². The molecular weight excluding hydrogens is 416 g/mol. The molecule has 2 heteroatoms. The molecule has 0 bridgehead atoms. The van der Waals surface area contributed by atoms with Crippen LogP contribution >= 0.6 is 0 Å². The molecular formula is C32H62O2. The van der Waals surface area contributed by atoms with E-state index in [2.05, 4.69) is 13.5 Å². The highest BCUT2D eigenvalue weighted by molar-refractivity contribution is 5.86. The summed E-state index contributed by atoms with van der Waals surface area (Å²) < 4.78 is 5.12. The van der Waals surface area contributed by atoms with Crippen molar-refractivity contribution in [2.45, 2.75) is 181 Å². The smallest absolute Gasteiger partial charge is 0.333 e. The molecule has 0 radical (unpaired) electrons. The first-order valence-corrected chi connectivity index (χ1v) is 15.5. The summed E-state index contributed by atoms with van der Waals surface area (Å²) in [5.74, 6) is -0.250. The summed E-state index contributed by atoms with van der Waals surface area (Å²) in [6.45, 7) is 8.14. The van der Waals surface area contributed by atoms with Gasteiger partial charge in [0.2, 0.25) is 0 Å². The number of hydrogen-bond donors (Lipinski definition) is 0. The van der Waals surface area contributed by atoms with Gasteiger partial charge in [-0.25, -0.2) is 4.79 Å². The standard InChI is InChI=1S/C32H62O2/c1-4-5-6-7-8-9-10-11-12-13-14-15-16-17-18-19-20-21-22-23-24-25-26-27-28-29-30-34-32(33)31(2)3/h2,4-30H2,1,3H3. The van der Waals surface area contributed by atoms with Crippen molar-refractivity contribution in [3.8, 4) is 0 Å². The number of ether oxygens (including phenoxy) is 1. The summed E-state index contributed by atoms with van der Waals surface area (Å²) in [4.78, 5) is 11.3. The number of carbonyl (C=O) groups is 1. The van der Waals surface area contributed by atoms with Crippen molar-refractivity contribution in [3.05, 3.63) is 12.2 Å². The Morgan fingerprint density at radius 2 is 0.706 bits per heavy atom. The van der Waals surface area contributed by atoms with Crippen molar-refractivity contribution >= 4 is 5.97 Å². The van der Waals surface area contributed by atoms with E-state index < -0.39 is 0 Å². The second-order valence-corrected chi connectivity index (χ2v) is 10.8. The second-order valence-electron chi connectivity index (χ2n) is 10.8. The molecule has 0 saturated heterocycles. The third kappa shape index (κ3) is 27.5. The zero-order valence-corrected chi connectivity index (χ0v) is 23.6. The fourth-order valence-corrected chi connectivity index (χ4v) is 4.71. The lowest BCUT2D eigenvalue weighted by molar-refractivity contribution is -0.139. The monoisotopic (exact) mass is 478 g/mol. The average Bonchev–Trinajstić information content (AvgIpc) is 2.83. The Kier molecular flexibility index (Phi) is 27.8. The Hall–Kier alpha value is -0.790. The van der Waals surface area contributed by atoms with Crippen LogP contribution in [0.2, 0.25) is 0 Å². The number of hydrogen-bond acceptors (Lipinski definition) is 2. The van der Waals surface area contributed by atoms with Gasteiger partial charge in [-0.2, -0.15) is 0 Å². The van der Waals surface area contributed by atoms with Crippen molar-refractivity contribution in [1.82, 2.24) is 0 Å². The molecule has 0 spiro atoms. The minimum atomic E-state index is -0.250. The third-order valence-electron chi connectivity index (χ3n) is 7.08. The van der Waals surface area contributed by atoms with E-state index in [9.17, 15) is 4.79 Å². The lowest BCUT2D eigenvalue weighted by Crippen LogP contribution is -2.05. The van der Waals surface area contributed by atoms with Gasteiger partial charge in [0.25, 0.3) is 0 Å². The van der Waals surface area contributed by atoms with E-state index in [0.29, 0.717) is 12.2 Å². The molecule has 0 atom stereocenters. The molecule has 0 aliphatic rings. The summed E-state index contributed by atoms with van der Waals surface area (Å²) in [7, 11) is 0. The molecule has 202 valence electrons. The van der Waals surface area contributed by atoms with Crippen LogP contribution in [0.15, 0.2) is 12.2 Å². The second kappa shape index (κ2) is 28.4. The highest BCUT2D eigenvalue weighted by atomic mass is 16.5. The van der Waals surface area contributed by atoms with Crippen LogP contribution in [0.5, 0.6) is 0 Å². The van der Waals surface area contributed by atoms with E-state index >= 15 is 0 Å². The maximum atomic E-state index is 11.3. The minimum Gasteiger partial charge on any atom is -0.462 e. The molecule has 34 heavy (non-hydrogen) atoms. The van der Waals surface area contributed by atoms with E-state index in [-0.39, 0.29) is 5.97 Å². The Morgan fingerprint density at radius 1 is 0.471 bits per heavy atom. The summed E-state index contributed by atoms with van der Waals surface area (Å²) in [5.41, 5.74) is 0.495. The molecule has 0 N–H and O–H groups in total. The van der Waals surface area contributed by atoms with Gasteiger partial charge in [0.05, 0.1) is 6.61 Å². The fourth-order valence-electron chi connectivity index (χ4n) is 4.71. The van der Waals surface area contributed by atoms with Gasteiger partial charge in [-0.05, 0) is 13.3 Å². The molecule has 0 heterocycles. The van der Waals surface area contributed by atoms with E-state index in [0.717, 1.165) is 6.42 Å². The molecule has 0 aromatic heterocycles. The number of rotatable bonds is 28. The first-order chi connectivity index (χ1) is 16.7. The van der Waals surface area contributed by atoms with Crippen molar-refractivity contribution in [1.29, 1.82) is 0 Å². The zero-order chi connectivity index (χ0) is 25.0. The molecule has 0 aromatic rings. The van der Waals surface area contributed by atoms with Gasteiger partial charge in [-0.3, -0.25) is 0 Å². The predicted octanol–water partition coefficient (Wildman–Crippen LogP) is 11.3. The number of esters is 1. The van der Waals surface area contributed by atoms with E-state index in [1.165, 1.54) is 161 Å². The molecule has 0 saturated carbocycles. The highest BCUT2D eigenvalue weighted by Crippen LogP contribution is 2.16. The van der Waals surface area contributed by atoms with E-state index in [4.69, 9.17) is 4.74 Å². The maximum absolute atomic E-state index is 11.3. The molecule has 0 amide bonds. The third-order valence-corrected chi connectivity index (χ3v) is 7.08. The topological polar surface area (TPSA) is 26.3 Å². The molecule has 0 aliphatic carbocycles. The van der Waals surface area contributed by atoms with Crippen LogP contribution in [-0.2, 0) is 9.53 Å². The Labute approximate surface area is 215 Å². The SMILES string of the molecule is C=C(C)C(=O)OCCCCCCCCCCCCCCCCCCCCCCCCCCCC. The van der Waals surface area contributed by atoms with Crippen LogP contribution in [0.3, 0.4) is 0 Å². The van der Waals surface area contributed by atoms with Crippen molar-refractivity contribution < 1.29 is 9.53 Å². The molecule has 2 nitrogen and oxygen atoms in total. The van der Waals surface area contributed by atoms with Gasteiger partial charge in [-0.15, -0.1) is 0 Å². The number of carbonyl (C=O) groups excluding carboxylic acids is 1. The van der Waals surface area contributed by atoms with Crippen LogP contribution in [0, 0.1) is 0 Å². The quantitative estimate of drug-likeness (QED) is 0.0634. The van der Waals surface area contributed by atoms with E-state index in [1.54, 1.807) is 6.92 Å². The van der Waals surface area contributed by atoms with Gasteiger partial charge in [0.15, 0.2) is 0 Å². The predicted molar refractivity (Wildman–Crippen MR) is 151 cm³/mol. The van der Waals surface area contributed by atoms with Crippen LogP contribution in [0.1, 0.15) is 181 Å². The van der Waals surface area contributed by atoms with Crippen molar-refractivity contribution in [2.75, 3.05) is 6.61 Å². The van der Waals surface area contributed by atoms with Crippen LogP contribution in [0.4, 0.5) is 0 Å². The number of unbranched alkanes of at least 4 members (excludes halogenated alkanes) is 25. The minimum absolute atomic E-state index is 0.250. The van der Waals surface area contributed by atoms with Gasteiger partial charge in [-0.1, -0.05) is 174 Å². The Balaban J connectivity index is 3.05. The summed E-state index contributed by atoms with van der Waals surface area (Å²) in [5, 5.41) is 0. The van der Waals surface area contributed by atoms with Crippen molar-refractivity contribution in [3.63, 3.8) is 0 Å². The molecule has 0 rings (SSSR count). The average molecular weight is 479 g/mol. The first-order valence-electron chi connectivity index (χ1n) is 15.5. The summed E-state index contributed by atoms with van der Waals surface area (Å²) >= 11 is 0. The van der Waals surface area contributed by atoms with Gasteiger partial charge < -0.3 is 4.74 Å². The summed E-state index contributed by atoms with van der Waals surface area (Å²) in [6.07, 6.45) is 36.6. The largest absolute Gasteiger partial charge is 0.462 e. The fraction of sp³-hybridized carbons (Fsp3) is 0.906. The molecule has 0 aromatic carbocycles. The molecule has 0 aliphatic heterocycles. The van der Waals surface area contributed by atoms with Gasteiger partial charge in [0, 0.05) is 5.57 Å².